The molecule has 6 nitrogen and oxygen atoms in total. The lowest BCUT2D eigenvalue weighted by Crippen LogP contribution is -2.41. The summed E-state index contributed by atoms with van der Waals surface area (Å²) in [4.78, 5) is 24.0. The Bertz CT molecular complexity index is 929. The van der Waals surface area contributed by atoms with Gasteiger partial charge in [0.2, 0.25) is 0 Å². The van der Waals surface area contributed by atoms with Crippen LogP contribution >= 0.6 is 0 Å². The molecule has 128 valence electrons. The van der Waals surface area contributed by atoms with Crippen molar-refractivity contribution in [1.82, 2.24) is 19.4 Å². The van der Waals surface area contributed by atoms with E-state index in [4.69, 9.17) is 4.74 Å². The Morgan fingerprint density at radius 2 is 2.08 bits per heavy atom. The summed E-state index contributed by atoms with van der Waals surface area (Å²) in [5.41, 5.74) is 2.57. The topological polar surface area (TPSA) is 60.2 Å². The Kier molecular flexibility index (Phi) is 3.97. The summed E-state index contributed by atoms with van der Waals surface area (Å²) in [6.07, 6.45) is 3.53. The summed E-state index contributed by atoms with van der Waals surface area (Å²) in [6.45, 7) is 3.93. The molecule has 0 fully saturated rings. The van der Waals surface area contributed by atoms with Gasteiger partial charge in [-0.1, -0.05) is 18.2 Å². The summed E-state index contributed by atoms with van der Waals surface area (Å²) in [7, 11) is 1.68. The first-order valence-electron chi connectivity index (χ1n) is 8.38. The number of rotatable bonds is 3. The van der Waals surface area contributed by atoms with Crippen LogP contribution < -0.4 is 0 Å². The van der Waals surface area contributed by atoms with Crippen molar-refractivity contribution in [2.45, 2.75) is 26.1 Å². The number of nitrogens with zero attached hydrogens (tertiary/aromatic N) is 4. The molecule has 0 aliphatic carbocycles. The smallest absolute Gasteiger partial charge is 0.255 e. The fourth-order valence-electron chi connectivity index (χ4n) is 3.54. The number of aromatic nitrogens is 3. The van der Waals surface area contributed by atoms with Crippen LogP contribution in [0.5, 0.6) is 0 Å². The van der Waals surface area contributed by atoms with Crippen LogP contribution in [-0.2, 0) is 17.9 Å². The number of hydrogen-bond acceptors (Lipinski definition) is 4. The first-order valence-corrected chi connectivity index (χ1v) is 8.38. The highest BCUT2D eigenvalue weighted by atomic mass is 16.5. The molecule has 0 bridgehead atoms. The fourth-order valence-corrected chi connectivity index (χ4v) is 3.54. The lowest BCUT2D eigenvalue weighted by molar-refractivity contribution is 0.0634. The molecule has 6 heteroatoms. The summed E-state index contributed by atoms with van der Waals surface area (Å²) >= 11 is 0. The predicted octanol–water partition coefficient (Wildman–Crippen LogP) is 2.79. The zero-order valence-corrected chi connectivity index (χ0v) is 14.3. The number of fused-ring (bicyclic) bond motifs is 2. The molecule has 0 N–H and O–H groups in total. The number of para-hydroxylation sites is 1. The highest BCUT2D eigenvalue weighted by molar-refractivity contribution is 6.06. The van der Waals surface area contributed by atoms with Crippen molar-refractivity contribution in [2.24, 2.45) is 0 Å². The number of pyridine rings is 1. The minimum atomic E-state index is -0.0845. The molecule has 0 spiro atoms. The third kappa shape index (κ3) is 2.59. The van der Waals surface area contributed by atoms with E-state index in [1.54, 1.807) is 19.4 Å². The van der Waals surface area contributed by atoms with Crippen molar-refractivity contribution >= 4 is 16.8 Å². The van der Waals surface area contributed by atoms with E-state index in [0.717, 1.165) is 29.0 Å². The van der Waals surface area contributed by atoms with Crippen LogP contribution in [0, 0.1) is 0 Å². The van der Waals surface area contributed by atoms with E-state index in [1.807, 2.05) is 42.3 Å². The van der Waals surface area contributed by atoms with Gasteiger partial charge in [-0.3, -0.25) is 9.78 Å². The van der Waals surface area contributed by atoms with Gasteiger partial charge in [0.25, 0.3) is 5.91 Å². The van der Waals surface area contributed by atoms with Gasteiger partial charge in [-0.05, 0) is 19.1 Å². The van der Waals surface area contributed by atoms with Crippen molar-refractivity contribution in [2.75, 3.05) is 13.7 Å². The highest BCUT2D eigenvalue weighted by Crippen LogP contribution is 2.28. The Morgan fingerprint density at radius 3 is 2.92 bits per heavy atom. The normalized spacial score (nSPS) is 16.9. The maximum Gasteiger partial charge on any atom is 0.255 e. The monoisotopic (exact) mass is 336 g/mol. The standard InChI is InChI=1S/C19H20N4O2/c1-13-18-21-11-14(12-25-2)23(18)10-9-22(13)19(24)16-7-8-20-17-6-4-3-5-15(16)17/h3-8,11,13H,9-10,12H2,1-2H3/t13-/m1/s1. The van der Waals surface area contributed by atoms with Crippen molar-refractivity contribution in [3.63, 3.8) is 0 Å². The number of carbonyl (C=O) groups is 1. The summed E-state index contributed by atoms with van der Waals surface area (Å²) in [6, 6.07) is 9.45. The second-order valence-electron chi connectivity index (χ2n) is 6.24. The Labute approximate surface area is 146 Å². The summed E-state index contributed by atoms with van der Waals surface area (Å²) in [5, 5.41) is 0.885. The molecule has 2 aromatic heterocycles. The van der Waals surface area contributed by atoms with Crippen LogP contribution in [0.4, 0.5) is 0 Å². The second kappa shape index (κ2) is 6.29. The quantitative estimate of drug-likeness (QED) is 0.738. The van der Waals surface area contributed by atoms with Crippen molar-refractivity contribution in [1.29, 1.82) is 0 Å². The van der Waals surface area contributed by atoms with E-state index in [0.29, 0.717) is 18.7 Å². The molecule has 1 aliphatic heterocycles. The molecule has 1 aromatic carbocycles. The molecular weight excluding hydrogens is 316 g/mol. The highest BCUT2D eigenvalue weighted by Gasteiger charge is 2.31. The first kappa shape index (κ1) is 15.8. The molecule has 25 heavy (non-hydrogen) atoms. The van der Waals surface area contributed by atoms with Gasteiger partial charge in [-0.2, -0.15) is 0 Å². The lowest BCUT2D eigenvalue weighted by Gasteiger charge is -2.34. The van der Waals surface area contributed by atoms with E-state index < -0.39 is 0 Å². The van der Waals surface area contributed by atoms with E-state index in [9.17, 15) is 4.79 Å². The SMILES string of the molecule is COCc1cnc2n1CCN(C(=O)c1ccnc3ccccc13)[C@@H]2C. The number of imidazole rings is 1. The zero-order chi connectivity index (χ0) is 17.4. The lowest BCUT2D eigenvalue weighted by atomic mass is 10.1. The predicted molar refractivity (Wildman–Crippen MR) is 94.1 cm³/mol. The molecule has 4 rings (SSSR count). The molecule has 1 atom stereocenters. The maximum absolute atomic E-state index is 13.2. The molecule has 1 amide bonds. The molecule has 0 saturated carbocycles. The maximum atomic E-state index is 13.2. The van der Waals surface area contributed by atoms with Gasteiger partial charge in [-0.25, -0.2) is 4.98 Å². The van der Waals surface area contributed by atoms with Crippen LogP contribution in [0.15, 0.2) is 42.7 Å². The minimum Gasteiger partial charge on any atom is -0.378 e. The van der Waals surface area contributed by atoms with Crippen LogP contribution in [0.25, 0.3) is 10.9 Å². The number of carbonyl (C=O) groups excluding carboxylic acids is 1. The third-order valence-electron chi connectivity index (χ3n) is 4.81. The van der Waals surface area contributed by atoms with Gasteiger partial charge in [-0.15, -0.1) is 0 Å². The van der Waals surface area contributed by atoms with Crippen molar-refractivity contribution in [3.8, 4) is 0 Å². The molecular formula is C19H20N4O2. The van der Waals surface area contributed by atoms with Gasteiger partial charge in [0, 0.05) is 31.8 Å². The van der Waals surface area contributed by atoms with Crippen LogP contribution in [0.1, 0.15) is 34.8 Å². The summed E-state index contributed by atoms with van der Waals surface area (Å²) < 4.78 is 7.39. The van der Waals surface area contributed by atoms with Crippen LogP contribution in [-0.4, -0.2) is 39.0 Å². The van der Waals surface area contributed by atoms with Gasteiger partial charge >= 0.3 is 0 Å². The molecule has 3 aromatic rings. The number of hydrogen-bond donors (Lipinski definition) is 0. The molecule has 0 saturated heterocycles. The average molecular weight is 336 g/mol. The van der Waals surface area contributed by atoms with E-state index in [2.05, 4.69) is 14.5 Å². The van der Waals surface area contributed by atoms with Gasteiger partial charge < -0.3 is 14.2 Å². The van der Waals surface area contributed by atoms with E-state index >= 15 is 0 Å². The average Bonchev–Trinajstić information content (AvgIpc) is 3.05. The van der Waals surface area contributed by atoms with Gasteiger partial charge in [0.15, 0.2) is 0 Å². The second-order valence-corrected chi connectivity index (χ2v) is 6.24. The molecule has 0 radical (unpaired) electrons. The number of methoxy groups -OCH3 is 1. The number of benzene rings is 1. The first-order chi connectivity index (χ1) is 12.2. The van der Waals surface area contributed by atoms with E-state index in [-0.39, 0.29) is 11.9 Å². The molecule has 0 unspecified atom stereocenters. The van der Waals surface area contributed by atoms with Gasteiger partial charge in [0.05, 0.1) is 35.6 Å². The zero-order valence-electron chi connectivity index (χ0n) is 14.3. The Morgan fingerprint density at radius 1 is 1.24 bits per heavy atom. The fraction of sp³-hybridized carbons (Fsp3) is 0.316. The number of ether oxygens (including phenoxy) is 1. The molecule has 3 heterocycles. The van der Waals surface area contributed by atoms with Gasteiger partial charge in [0.1, 0.15) is 5.82 Å². The van der Waals surface area contributed by atoms with Crippen molar-refractivity contribution < 1.29 is 9.53 Å². The largest absolute Gasteiger partial charge is 0.378 e. The molecule has 1 aliphatic rings. The third-order valence-corrected chi connectivity index (χ3v) is 4.81. The Hall–Kier alpha value is -2.73. The number of amides is 1. The summed E-state index contributed by atoms with van der Waals surface area (Å²) in [5.74, 6) is 0.929. The Balaban J connectivity index is 1.69. The van der Waals surface area contributed by atoms with Crippen molar-refractivity contribution in [3.05, 3.63) is 59.8 Å². The minimum absolute atomic E-state index is 0.0219. The van der Waals surface area contributed by atoms with Crippen LogP contribution in [0.2, 0.25) is 0 Å². The van der Waals surface area contributed by atoms with E-state index in [1.165, 1.54) is 0 Å². The van der Waals surface area contributed by atoms with Crippen LogP contribution in [0.3, 0.4) is 0 Å².